The third-order valence-electron chi connectivity index (χ3n) is 1.93. The Morgan fingerprint density at radius 2 is 1.73 bits per heavy atom. The largest absolute Gasteiger partial charge is 0.439 e. The molecule has 1 aromatic carbocycles. The minimum absolute atomic E-state index is 0.0510. The van der Waals surface area contributed by atoms with Crippen LogP contribution in [0.1, 0.15) is 18.6 Å². The molecule has 0 aliphatic heterocycles. The second-order valence-corrected chi connectivity index (χ2v) is 9.40. The Bertz CT molecular complexity index is 354. The van der Waals surface area contributed by atoms with Gasteiger partial charge in [-0.1, -0.05) is 55.5 Å². The predicted octanol–water partition coefficient (Wildman–Crippen LogP) is 3.60. The van der Waals surface area contributed by atoms with Gasteiger partial charge in [0.05, 0.1) is 0 Å². The number of hydrogen-bond donors (Lipinski definition) is 0. The Kier molecular flexibility index (Phi) is 3.99. The number of benzene rings is 1. The number of ether oxygens (including phenoxy) is 1. The van der Waals surface area contributed by atoms with Crippen molar-refractivity contribution in [3.8, 4) is 11.7 Å². The highest BCUT2D eigenvalue weighted by atomic mass is 28.3. The number of rotatable bonds is 2. The summed E-state index contributed by atoms with van der Waals surface area (Å²) in [7, 11) is -1.31. The molecule has 0 aliphatic rings. The van der Waals surface area contributed by atoms with E-state index in [-0.39, 0.29) is 6.10 Å². The van der Waals surface area contributed by atoms with Crippen LogP contribution < -0.4 is 0 Å². The minimum Gasteiger partial charge on any atom is -0.439 e. The lowest BCUT2D eigenvalue weighted by Crippen LogP contribution is -2.16. The molecule has 0 radical (unpaired) electrons. The van der Waals surface area contributed by atoms with E-state index < -0.39 is 8.07 Å². The van der Waals surface area contributed by atoms with Gasteiger partial charge in [-0.2, -0.15) is 0 Å². The third kappa shape index (κ3) is 4.71. The third-order valence-corrected chi connectivity index (χ3v) is 2.78. The van der Waals surface area contributed by atoms with Crippen LogP contribution >= 0.6 is 0 Å². The van der Waals surface area contributed by atoms with E-state index in [0.717, 1.165) is 0 Å². The van der Waals surface area contributed by atoms with Crippen LogP contribution in [0.3, 0.4) is 0 Å². The van der Waals surface area contributed by atoms with Gasteiger partial charge in [0.15, 0.2) is 0 Å². The molecule has 0 aromatic heterocycles. The van der Waals surface area contributed by atoms with E-state index in [9.17, 15) is 0 Å². The summed E-state index contributed by atoms with van der Waals surface area (Å²) in [4.78, 5) is 0. The van der Waals surface area contributed by atoms with E-state index in [1.165, 1.54) is 5.56 Å². The fourth-order valence-corrected chi connectivity index (χ4v) is 1.43. The van der Waals surface area contributed by atoms with Crippen LogP contribution in [-0.2, 0) is 4.74 Å². The van der Waals surface area contributed by atoms with Crippen LogP contribution in [0.5, 0.6) is 0 Å². The van der Waals surface area contributed by atoms with E-state index in [1.54, 1.807) is 0 Å². The average molecular weight is 218 g/mol. The maximum atomic E-state index is 5.48. The molecule has 0 fully saturated rings. The summed E-state index contributed by atoms with van der Waals surface area (Å²) in [5, 5.41) is 0. The summed E-state index contributed by atoms with van der Waals surface area (Å²) in [6.07, 6.45) is 2.89. The fraction of sp³-hybridized carbons (Fsp3) is 0.385. The predicted molar refractivity (Wildman–Crippen MR) is 67.1 cm³/mol. The van der Waals surface area contributed by atoms with E-state index in [0.29, 0.717) is 0 Å². The van der Waals surface area contributed by atoms with Crippen molar-refractivity contribution < 1.29 is 4.74 Å². The van der Waals surface area contributed by atoms with Gasteiger partial charge >= 0.3 is 0 Å². The first-order valence-corrected chi connectivity index (χ1v) is 8.72. The van der Waals surface area contributed by atoms with Crippen LogP contribution in [0.2, 0.25) is 19.6 Å². The Labute approximate surface area is 93.5 Å². The molecule has 0 bridgehead atoms. The van der Waals surface area contributed by atoms with Gasteiger partial charge in [0.25, 0.3) is 0 Å². The molecule has 0 amide bonds. The first kappa shape index (κ1) is 11.9. The minimum atomic E-state index is -1.31. The second-order valence-electron chi connectivity index (χ2n) is 4.65. The van der Waals surface area contributed by atoms with Crippen molar-refractivity contribution in [2.24, 2.45) is 0 Å². The molecule has 0 heterocycles. The lowest BCUT2D eigenvalue weighted by atomic mass is 10.1. The van der Waals surface area contributed by atoms with Crippen molar-refractivity contribution in [3.63, 3.8) is 0 Å². The monoisotopic (exact) mass is 218 g/mol. The summed E-state index contributed by atoms with van der Waals surface area (Å²) in [5.74, 6) is 0. The Morgan fingerprint density at radius 1 is 1.13 bits per heavy atom. The molecule has 15 heavy (non-hydrogen) atoms. The summed E-state index contributed by atoms with van der Waals surface area (Å²) in [5.41, 5.74) is 4.36. The normalized spacial score (nSPS) is 12.5. The van der Waals surface area contributed by atoms with Gasteiger partial charge in [-0.3, -0.25) is 0 Å². The highest BCUT2D eigenvalue weighted by molar-refractivity contribution is 6.83. The first-order valence-electron chi connectivity index (χ1n) is 5.22. The summed E-state index contributed by atoms with van der Waals surface area (Å²) < 4.78 is 5.48. The second kappa shape index (κ2) is 5.04. The molecule has 0 saturated heterocycles. The zero-order valence-electron chi connectivity index (χ0n) is 9.87. The maximum Gasteiger partial charge on any atom is 0.133 e. The van der Waals surface area contributed by atoms with E-state index in [1.807, 2.05) is 25.1 Å². The molecule has 0 aliphatic carbocycles. The topological polar surface area (TPSA) is 9.23 Å². The van der Waals surface area contributed by atoms with Crippen LogP contribution in [-0.4, -0.2) is 8.07 Å². The van der Waals surface area contributed by atoms with Crippen LogP contribution in [0.25, 0.3) is 0 Å². The maximum absolute atomic E-state index is 5.48. The summed E-state index contributed by atoms with van der Waals surface area (Å²) in [6, 6.07) is 10.1. The molecular weight excluding hydrogens is 200 g/mol. The van der Waals surface area contributed by atoms with Gasteiger partial charge < -0.3 is 4.74 Å². The molecule has 1 nitrogen and oxygen atoms in total. The first-order chi connectivity index (χ1) is 6.99. The molecule has 1 atom stereocenters. The molecule has 1 rings (SSSR count). The Balaban J connectivity index is 2.57. The SMILES string of the molecule is CC(OC#C[Si](C)(C)C)c1ccccc1. The van der Waals surface area contributed by atoms with Gasteiger partial charge in [-0.05, 0) is 12.5 Å². The standard InChI is InChI=1S/C13H18OSi/c1-12(13-8-6-5-7-9-13)14-10-11-15(2,3)4/h5-9,12H,1-4H3. The highest BCUT2D eigenvalue weighted by Gasteiger charge is 2.08. The van der Waals surface area contributed by atoms with Crippen molar-refractivity contribution >= 4 is 8.07 Å². The molecule has 1 aromatic rings. The Hall–Kier alpha value is -1.20. The van der Waals surface area contributed by atoms with E-state index in [2.05, 4.69) is 43.4 Å². The van der Waals surface area contributed by atoms with Crippen molar-refractivity contribution in [1.82, 2.24) is 0 Å². The van der Waals surface area contributed by atoms with Gasteiger partial charge in [0, 0.05) is 0 Å². The molecule has 80 valence electrons. The van der Waals surface area contributed by atoms with Crippen LogP contribution in [0, 0.1) is 11.7 Å². The van der Waals surface area contributed by atoms with Gasteiger partial charge in [0.1, 0.15) is 20.3 Å². The smallest absolute Gasteiger partial charge is 0.133 e. The van der Waals surface area contributed by atoms with Crippen molar-refractivity contribution in [1.29, 1.82) is 0 Å². The fourth-order valence-electron chi connectivity index (χ4n) is 1.06. The van der Waals surface area contributed by atoms with Crippen molar-refractivity contribution in [2.75, 3.05) is 0 Å². The highest BCUT2D eigenvalue weighted by Crippen LogP contribution is 2.14. The van der Waals surface area contributed by atoms with Gasteiger partial charge in [0.2, 0.25) is 0 Å². The molecule has 0 spiro atoms. The van der Waals surface area contributed by atoms with Gasteiger partial charge in [-0.15, -0.1) is 0 Å². The van der Waals surface area contributed by atoms with E-state index in [4.69, 9.17) is 4.74 Å². The zero-order chi connectivity index (χ0) is 11.3. The molecule has 0 N–H and O–H groups in total. The summed E-state index contributed by atoms with van der Waals surface area (Å²) in [6.45, 7) is 8.64. The zero-order valence-corrected chi connectivity index (χ0v) is 10.9. The molecule has 2 heteroatoms. The summed E-state index contributed by atoms with van der Waals surface area (Å²) >= 11 is 0. The molecule has 0 saturated carbocycles. The van der Waals surface area contributed by atoms with Gasteiger partial charge in [-0.25, -0.2) is 0 Å². The average Bonchev–Trinajstić information content (AvgIpc) is 2.17. The van der Waals surface area contributed by atoms with Crippen LogP contribution in [0.4, 0.5) is 0 Å². The molecule has 1 unspecified atom stereocenters. The lowest BCUT2D eigenvalue weighted by molar-refractivity contribution is 0.188. The quantitative estimate of drug-likeness (QED) is 0.544. The molecular formula is C13H18OSi. The van der Waals surface area contributed by atoms with Crippen molar-refractivity contribution in [2.45, 2.75) is 32.7 Å². The lowest BCUT2D eigenvalue weighted by Gasteiger charge is -2.09. The van der Waals surface area contributed by atoms with E-state index >= 15 is 0 Å². The number of hydrogen-bond acceptors (Lipinski definition) is 1. The Morgan fingerprint density at radius 3 is 2.27 bits per heavy atom. The van der Waals surface area contributed by atoms with Crippen LogP contribution in [0.15, 0.2) is 30.3 Å². The van der Waals surface area contributed by atoms with Crippen molar-refractivity contribution in [3.05, 3.63) is 35.9 Å².